The first-order valence-corrected chi connectivity index (χ1v) is 12.6. The van der Waals surface area contributed by atoms with Crippen LogP contribution in [0.5, 0.6) is 5.75 Å². The van der Waals surface area contributed by atoms with Crippen molar-refractivity contribution in [3.05, 3.63) is 51.5 Å². The van der Waals surface area contributed by atoms with Gasteiger partial charge in [0.25, 0.3) is 0 Å². The number of nitrogens with two attached hydrogens (primary N) is 1. The Bertz CT molecular complexity index is 1310. The molecule has 1 unspecified atom stereocenters. The van der Waals surface area contributed by atoms with E-state index in [0.717, 1.165) is 6.42 Å². The Balaban J connectivity index is 1.60. The number of pyridine rings is 1. The molecule has 1 aromatic carbocycles. The molecule has 0 spiro atoms. The highest BCUT2D eigenvalue weighted by molar-refractivity contribution is 7.98. The van der Waals surface area contributed by atoms with E-state index >= 15 is 0 Å². The number of aromatic nitrogens is 2. The van der Waals surface area contributed by atoms with Gasteiger partial charge in [0.1, 0.15) is 40.4 Å². The Morgan fingerprint density at radius 3 is 2.69 bits per heavy atom. The van der Waals surface area contributed by atoms with Crippen molar-refractivity contribution >= 4 is 34.9 Å². The number of nitriles is 2. The number of esters is 1. The molecule has 2 aromatic heterocycles. The molecule has 4 rings (SSSR count). The molecule has 1 atom stereocenters. The molecular formula is C24H21N5O4S2. The summed E-state index contributed by atoms with van der Waals surface area (Å²) >= 11 is 2.45. The predicted octanol–water partition coefficient (Wildman–Crippen LogP) is 4.17. The van der Waals surface area contributed by atoms with Crippen LogP contribution < -0.4 is 10.5 Å². The van der Waals surface area contributed by atoms with Gasteiger partial charge in [-0.3, -0.25) is 0 Å². The highest BCUT2D eigenvalue weighted by Gasteiger charge is 2.22. The first kappa shape index (κ1) is 24.5. The number of carbonyl (C=O) groups is 1. The van der Waals surface area contributed by atoms with Crippen molar-refractivity contribution in [2.45, 2.75) is 30.2 Å². The smallest absolute Gasteiger partial charge is 0.367 e. The molecule has 3 heterocycles. The largest absolute Gasteiger partial charge is 0.488 e. The van der Waals surface area contributed by atoms with Crippen LogP contribution in [0.25, 0.3) is 11.1 Å². The van der Waals surface area contributed by atoms with Crippen LogP contribution >= 0.6 is 23.1 Å². The monoisotopic (exact) mass is 507 g/mol. The van der Waals surface area contributed by atoms with E-state index in [2.05, 4.69) is 22.1 Å². The minimum absolute atomic E-state index is 0.0137. The molecule has 0 radical (unpaired) electrons. The normalized spacial score (nSPS) is 14.8. The molecule has 0 amide bonds. The third-order valence-electron chi connectivity index (χ3n) is 5.11. The maximum atomic E-state index is 11.9. The van der Waals surface area contributed by atoms with Gasteiger partial charge in [0.05, 0.1) is 31.1 Å². The first-order valence-electron chi connectivity index (χ1n) is 10.8. The van der Waals surface area contributed by atoms with Crippen LogP contribution in [0, 0.1) is 22.7 Å². The number of rotatable bonds is 8. The van der Waals surface area contributed by atoms with Crippen molar-refractivity contribution in [3.63, 3.8) is 0 Å². The fourth-order valence-corrected chi connectivity index (χ4v) is 5.19. The number of thiazole rings is 1. The predicted molar refractivity (Wildman–Crippen MR) is 131 cm³/mol. The van der Waals surface area contributed by atoms with Crippen molar-refractivity contribution in [1.82, 2.24) is 9.97 Å². The Kier molecular flexibility index (Phi) is 7.83. The molecule has 0 bridgehead atoms. The van der Waals surface area contributed by atoms with Crippen LogP contribution in [0.1, 0.15) is 40.0 Å². The van der Waals surface area contributed by atoms with E-state index in [9.17, 15) is 15.3 Å². The molecule has 11 heteroatoms. The third-order valence-corrected chi connectivity index (χ3v) is 6.99. The molecule has 35 heavy (non-hydrogen) atoms. The van der Waals surface area contributed by atoms with E-state index in [1.807, 2.05) is 0 Å². The molecule has 9 nitrogen and oxygen atoms in total. The maximum absolute atomic E-state index is 11.9. The summed E-state index contributed by atoms with van der Waals surface area (Å²) in [5, 5.41) is 22.1. The second-order valence-corrected chi connectivity index (χ2v) is 9.25. The van der Waals surface area contributed by atoms with E-state index in [1.54, 1.807) is 36.6 Å². The molecule has 1 fully saturated rings. The van der Waals surface area contributed by atoms with Gasteiger partial charge >= 0.3 is 5.97 Å². The average Bonchev–Trinajstić information content (AvgIpc) is 3.55. The lowest BCUT2D eigenvalue weighted by atomic mass is 9.97. The molecule has 0 saturated carbocycles. The van der Waals surface area contributed by atoms with E-state index in [-0.39, 0.29) is 34.7 Å². The van der Waals surface area contributed by atoms with Crippen LogP contribution in [0.4, 0.5) is 5.82 Å². The molecule has 1 saturated heterocycles. The van der Waals surface area contributed by atoms with E-state index in [4.69, 9.17) is 19.9 Å². The molecule has 2 N–H and O–H groups in total. The zero-order valence-electron chi connectivity index (χ0n) is 18.8. The summed E-state index contributed by atoms with van der Waals surface area (Å²) in [5.41, 5.74) is 8.23. The van der Waals surface area contributed by atoms with Crippen molar-refractivity contribution in [2.75, 3.05) is 25.6 Å². The number of carbonyl (C=O) groups excluding carboxylic acids is 1. The van der Waals surface area contributed by atoms with Gasteiger partial charge in [-0.1, -0.05) is 23.9 Å². The summed E-state index contributed by atoms with van der Waals surface area (Å²) in [6.07, 6.45) is 0.848. The van der Waals surface area contributed by atoms with Crippen molar-refractivity contribution in [1.29, 1.82) is 10.5 Å². The number of nitrogen functional groups attached to an aromatic ring is 1. The molecular weight excluding hydrogens is 486 g/mol. The van der Waals surface area contributed by atoms with Crippen LogP contribution in [-0.4, -0.2) is 41.9 Å². The quantitative estimate of drug-likeness (QED) is 0.348. The lowest BCUT2D eigenvalue weighted by Gasteiger charge is -2.14. The Hall–Kier alpha value is -3.64. The zero-order chi connectivity index (χ0) is 24.8. The topological polar surface area (TPSA) is 144 Å². The van der Waals surface area contributed by atoms with E-state index < -0.39 is 5.97 Å². The Labute approximate surface area is 210 Å². The van der Waals surface area contributed by atoms with Crippen LogP contribution in [0.2, 0.25) is 0 Å². The van der Waals surface area contributed by atoms with Crippen molar-refractivity contribution in [3.8, 4) is 29.0 Å². The lowest BCUT2D eigenvalue weighted by Crippen LogP contribution is -2.15. The SMILES string of the molecule is CCOC(=O)c1nc(CSc2nc(N)c(C#N)c(-c3ccc(OC4CCOC4)cc3)c2C#N)cs1. The van der Waals surface area contributed by atoms with E-state index in [0.29, 0.717) is 46.6 Å². The molecule has 1 aliphatic rings. The summed E-state index contributed by atoms with van der Waals surface area (Å²) < 4.78 is 16.2. The number of hydrogen-bond acceptors (Lipinski definition) is 11. The summed E-state index contributed by atoms with van der Waals surface area (Å²) in [6.45, 7) is 3.24. The van der Waals surface area contributed by atoms with Gasteiger partial charge in [-0.2, -0.15) is 10.5 Å². The Morgan fingerprint density at radius 1 is 1.26 bits per heavy atom. The first-order chi connectivity index (χ1) is 17.0. The second-order valence-electron chi connectivity index (χ2n) is 7.43. The van der Waals surface area contributed by atoms with Gasteiger partial charge in [0, 0.05) is 23.1 Å². The minimum atomic E-state index is -0.470. The second kappa shape index (κ2) is 11.2. The summed E-state index contributed by atoms with van der Waals surface area (Å²) in [4.78, 5) is 20.5. The molecule has 178 valence electrons. The highest BCUT2D eigenvalue weighted by Crippen LogP contribution is 2.37. The number of thioether (sulfide) groups is 1. The van der Waals surface area contributed by atoms with Crippen molar-refractivity contribution in [2.24, 2.45) is 0 Å². The van der Waals surface area contributed by atoms with Gasteiger partial charge in [-0.05, 0) is 24.6 Å². The van der Waals surface area contributed by atoms with Gasteiger partial charge in [-0.15, -0.1) is 11.3 Å². The van der Waals surface area contributed by atoms with Crippen LogP contribution in [0.15, 0.2) is 34.7 Å². The summed E-state index contributed by atoms with van der Waals surface area (Å²) in [6, 6.07) is 11.4. The number of nitrogens with zero attached hydrogens (tertiary/aromatic N) is 4. The summed E-state index contributed by atoms with van der Waals surface area (Å²) in [7, 11) is 0. The maximum Gasteiger partial charge on any atom is 0.367 e. The number of hydrogen-bond donors (Lipinski definition) is 1. The number of anilines is 1. The van der Waals surface area contributed by atoms with E-state index in [1.165, 1.54) is 23.1 Å². The lowest BCUT2D eigenvalue weighted by molar-refractivity contribution is 0.0525. The standard InChI is InChI=1S/C24H21N5O4S2/c1-2-32-24(30)23-28-15(13-35-23)12-34-22-19(10-26)20(18(9-25)21(27)29-22)14-3-5-16(6-4-14)33-17-7-8-31-11-17/h3-6,13,17H,2,7-8,11-12H2,1H3,(H2,27,29). The summed E-state index contributed by atoms with van der Waals surface area (Å²) in [5.74, 6) is 0.609. The van der Waals surface area contributed by atoms with Crippen molar-refractivity contribution < 1.29 is 19.0 Å². The fraction of sp³-hybridized carbons (Fsp3) is 0.292. The minimum Gasteiger partial charge on any atom is -0.488 e. The van der Waals surface area contributed by atoms with Gasteiger partial charge in [0.15, 0.2) is 0 Å². The third kappa shape index (κ3) is 5.54. The average molecular weight is 508 g/mol. The molecule has 0 aliphatic carbocycles. The number of ether oxygens (including phenoxy) is 3. The molecule has 3 aromatic rings. The van der Waals surface area contributed by atoms with Crippen LogP contribution in [-0.2, 0) is 15.2 Å². The van der Waals surface area contributed by atoms with Gasteiger partial charge < -0.3 is 19.9 Å². The highest BCUT2D eigenvalue weighted by atomic mass is 32.2. The van der Waals surface area contributed by atoms with Gasteiger partial charge in [-0.25, -0.2) is 14.8 Å². The Morgan fingerprint density at radius 2 is 2.03 bits per heavy atom. The fourth-order valence-electron chi connectivity index (χ4n) is 3.49. The molecule has 1 aliphatic heterocycles. The number of benzene rings is 1. The zero-order valence-corrected chi connectivity index (χ0v) is 20.4. The van der Waals surface area contributed by atoms with Crippen LogP contribution in [0.3, 0.4) is 0 Å². The van der Waals surface area contributed by atoms with Gasteiger partial charge in [0.2, 0.25) is 5.01 Å².